The van der Waals surface area contributed by atoms with E-state index >= 15 is 0 Å². The third-order valence-corrected chi connectivity index (χ3v) is 13.5. The van der Waals surface area contributed by atoms with Gasteiger partial charge in [0, 0.05) is 48.6 Å². The monoisotopic (exact) mass is 855 g/mol. The molecule has 9 heteroatoms. The zero-order chi connectivity index (χ0) is 43.6. The Labute approximate surface area is 367 Å². The highest BCUT2D eigenvalue weighted by Crippen LogP contribution is 2.42. The van der Waals surface area contributed by atoms with E-state index < -0.39 is 17.9 Å². The van der Waals surface area contributed by atoms with Crippen molar-refractivity contribution in [2.75, 3.05) is 0 Å². The summed E-state index contributed by atoms with van der Waals surface area (Å²) < 4.78 is 0. The van der Waals surface area contributed by atoms with Crippen LogP contribution in [-0.2, 0) is 33.6 Å². The van der Waals surface area contributed by atoms with Crippen LogP contribution >= 0.6 is 35.3 Å². The van der Waals surface area contributed by atoms with Gasteiger partial charge in [-0.1, -0.05) is 95.9 Å². The summed E-state index contributed by atoms with van der Waals surface area (Å²) >= 11 is 5.17. The van der Waals surface area contributed by atoms with Crippen LogP contribution in [0.15, 0.2) is 139 Å². The van der Waals surface area contributed by atoms with Gasteiger partial charge in [-0.15, -0.1) is 0 Å². The van der Waals surface area contributed by atoms with Crippen LogP contribution in [0.3, 0.4) is 0 Å². The van der Waals surface area contributed by atoms with E-state index in [1.54, 1.807) is 35.3 Å². The molecule has 0 heterocycles. The quantitative estimate of drug-likeness (QED) is 0.0929. The molecule has 0 saturated carbocycles. The van der Waals surface area contributed by atoms with Gasteiger partial charge >= 0.3 is 17.9 Å². The number of carboxylic acid groups (broad SMARTS) is 3. The topological polar surface area (TPSA) is 112 Å². The first kappa shape index (κ1) is 47.5. The molecule has 6 aromatic carbocycles. The lowest BCUT2D eigenvalue weighted by molar-refractivity contribution is -0.138. The maximum absolute atomic E-state index is 11.2. The lowest BCUT2D eigenvalue weighted by atomic mass is 9.88. The summed E-state index contributed by atoms with van der Waals surface area (Å²) in [6.07, 6.45) is 1.68. The molecule has 0 unspecified atom stereocenters. The van der Waals surface area contributed by atoms with Crippen LogP contribution in [0.5, 0.6) is 0 Å². The normalized spacial score (nSPS) is 10.5. The Bertz CT molecular complexity index is 2290. The molecule has 0 fully saturated rings. The Balaban J connectivity index is 0.000000216. The number of aryl methyl sites for hydroxylation is 3. The Morgan fingerprint density at radius 2 is 0.800 bits per heavy atom. The molecule has 0 spiro atoms. The molecular weight excluding hydrogens is 805 g/mol. The average Bonchev–Trinajstić information content (AvgIpc) is 3.23. The third-order valence-electron chi connectivity index (χ3n) is 9.85. The summed E-state index contributed by atoms with van der Waals surface area (Å²) in [5.41, 5.74) is 10.0. The van der Waals surface area contributed by atoms with E-state index in [1.165, 1.54) is 36.3 Å². The number of hydrogen-bond donors (Lipinski definition) is 3. The van der Waals surface area contributed by atoms with E-state index in [1.807, 2.05) is 86.6 Å². The molecule has 6 rings (SSSR count). The first-order chi connectivity index (χ1) is 28.7. The summed E-state index contributed by atoms with van der Waals surface area (Å²) in [6, 6.07) is 45.0. The number of aliphatic carboxylic acids is 3. The van der Waals surface area contributed by atoms with Crippen LogP contribution in [0.1, 0.15) is 69.3 Å². The van der Waals surface area contributed by atoms with Gasteiger partial charge in [-0.3, -0.25) is 14.4 Å². The summed E-state index contributed by atoms with van der Waals surface area (Å²) in [5, 5.41) is 27.0. The average molecular weight is 856 g/mol. The van der Waals surface area contributed by atoms with E-state index in [2.05, 4.69) is 82.3 Å². The molecule has 60 heavy (non-hydrogen) atoms. The molecule has 0 saturated heterocycles. The highest BCUT2D eigenvalue weighted by molar-refractivity contribution is 8.00. The first-order valence-corrected chi connectivity index (χ1v) is 22.0. The first-order valence-electron chi connectivity index (χ1n) is 19.6. The van der Waals surface area contributed by atoms with Crippen molar-refractivity contribution in [2.24, 2.45) is 0 Å². The van der Waals surface area contributed by atoms with E-state index in [0.29, 0.717) is 19.3 Å². The van der Waals surface area contributed by atoms with Crippen molar-refractivity contribution >= 4 is 53.2 Å². The van der Waals surface area contributed by atoms with Gasteiger partial charge in [0.2, 0.25) is 0 Å². The van der Waals surface area contributed by atoms with Crippen LogP contribution in [0.4, 0.5) is 0 Å². The summed E-state index contributed by atoms with van der Waals surface area (Å²) in [5.74, 6) is -2.44. The zero-order valence-corrected chi connectivity index (χ0v) is 37.4. The summed E-state index contributed by atoms with van der Waals surface area (Å²) in [7, 11) is 0. The minimum atomic E-state index is -0.841. The van der Waals surface area contributed by atoms with Gasteiger partial charge in [0.1, 0.15) is 0 Å². The number of hydrogen-bond acceptors (Lipinski definition) is 6. The van der Waals surface area contributed by atoms with Crippen LogP contribution in [0.2, 0.25) is 0 Å². The highest BCUT2D eigenvalue weighted by atomic mass is 32.2. The molecule has 0 atom stereocenters. The van der Waals surface area contributed by atoms with Crippen molar-refractivity contribution in [3.63, 3.8) is 0 Å². The number of benzene rings is 6. The standard InChI is InChI=1S/C24H30O4S.C15H13O2S.C12H8S/c1-13-7-8-14(2)23(15(13)3)29-24-17(5)16(4)19(9-11-21(25)26)20(18(24)6)10-12-22(27)28;16-15(17)11-8-12-6-9-14(10-7-12)18-13-4-2-1-3-5-13;1-3-7-11(8-4-1)13-12-9-5-2-6-10-12/h7-8H,9-12H2,1-6H3,(H,25,26)(H,27,28);2-7,9-10H,8,11H2,(H,16,17);3-10H. The predicted molar refractivity (Wildman–Crippen MR) is 244 cm³/mol. The van der Waals surface area contributed by atoms with E-state index in [4.69, 9.17) is 10.2 Å². The Hall–Kier alpha value is -5.22. The van der Waals surface area contributed by atoms with Crippen molar-refractivity contribution in [3.8, 4) is 0 Å². The number of carbonyl (C=O) groups is 3. The second-order valence-corrected chi connectivity index (χ2v) is 17.5. The molecule has 0 aliphatic heterocycles. The molecule has 0 aliphatic carbocycles. The molecule has 309 valence electrons. The highest BCUT2D eigenvalue weighted by Gasteiger charge is 2.21. The van der Waals surface area contributed by atoms with Crippen molar-refractivity contribution in [3.05, 3.63) is 177 Å². The van der Waals surface area contributed by atoms with Gasteiger partial charge in [0.15, 0.2) is 0 Å². The van der Waals surface area contributed by atoms with E-state index in [9.17, 15) is 19.5 Å². The van der Waals surface area contributed by atoms with E-state index in [-0.39, 0.29) is 19.3 Å². The lowest BCUT2D eigenvalue weighted by Crippen LogP contribution is -2.10. The molecular formula is C51H51O6S3. The predicted octanol–water partition coefficient (Wildman–Crippen LogP) is 12.8. The fourth-order valence-corrected chi connectivity index (χ4v) is 9.28. The summed E-state index contributed by atoms with van der Waals surface area (Å²) in [4.78, 5) is 40.0. The molecule has 0 amide bonds. The van der Waals surface area contributed by atoms with Gasteiger partial charge in [-0.05, 0) is 178 Å². The zero-order valence-electron chi connectivity index (χ0n) is 34.9. The number of carboxylic acids is 3. The molecule has 6 nitrogen and oxygen atoms in total. The van der Waals surface area contributed by atoms with Crippen molar-refractivity contribution < 1.29 is 29.7 Å². The fourth-order valence-electron chi connectivity index (χ4n) is 6.31. The Morgan fingerprint density at radius 1 is 0.417 bits per heavy atom. The molecule has 3 N–H and O–H groups in total. The second kappa shape index (κ2) is 24.1. The van der Waals surface area contributed by atoms with Gasteiger partial charge in [-0.2, -0.15) is 0 Å². The summed E-state index contributed by atoms with van der Waals surface area (Å²) in [6.45, 7) is 12.5. The largest absolute Gasteiger partial charge is 0.481 e. The van der Waals surface area contributed by atoms with Gasteiger partial charge < -0.3 is 15.3 Å². The van der Waals surface area contributed by atoms with Crippen LogP contribution in [-0.4, -0.2) is 33.2 Å². The molecule has 0 aromatic heterocycles. The van der Waals surface area contributed by atoms with Crippen molar-refractivity contribution in [1.29, 1.82) is 0 Å². The minimum absolute atomic E-state index is 0.0377. The van der Waals surface area contributed by atoms with Crippen molar-refractivity contribution in [2.45, 2.75) is 109 Å². The second-order valence-electron chi connectivity index (χ2n) is 14.2. The fraction of sp³-hybridized carbons (Fsp3) is 0.235. The smallest absolute Gasteiger partial charge is 0.303 e. The van der Waals surface area contributed by atoms with Crippen molar-refractivity contribution in [1.82, 2.24) is 0 Å². The molecule has 6 aromatic rings. The Morgan fingerprint density at radius 3 is 1.23 bits per heavy atom. The minimum Gasteiger partial charge on any atom is -0.481 e. The maximum Gasteiger partial charge on any atom is 0.303 e. The third kappa shape index (κ3) is 15.1. The molecule has 3 radical (unpaired) electrons. The van der Waals surface area contributed by atoms with Gasteiger partial charge in [0.05, 0.1) is 0 Å². The molecule has 0 aliphatic rings. The van der Waals surface area contributed by atoms with Crippen LogP contribution in [0, 0.1) is 59.7 Å². The lowest BCUT2D eigenvalue weighted by Gasteiger charge is -2.23. The van der Waals surface area contributed by atoms with Gasteiger partial charge in [-0.25, -0.2) is 0 Å². The van der Waals surface area contributed by atoms with E-state index in [0.717, 1.165) is 43.2 Å². The molecule has 0 bridgehead atoms. The maximum atomic E-state index is 11.2. The van der Waals surface area contributed by atoms with Crippen LogP contribution < -0.4 is 0 Å². The SMILES string of the molecule is Cc1ccc(C)c(Sc2c(C)c(C)c(CCC(=O)O)c(CCC(=O)O)c2C)c1C.O=C(O)CCc1ccc(Sc2cc[c]cc2)cc1.[c]1ccc(Sc2cc[c]cc2)cc1. The number of rotatable bonds is 15. The van der Waals surface area contributed by atoms with Crippen LogP contribution in [0.25, 0.3) is 0 Å². The Kier molecular flexibility index (Phi) is 19.1. The van der Waals surface area contributed by atoms with Gasteiger partial charge in [0.25, 0.3) is 0 Å².